The standard InChI is InChI=1S/C18H18N2O/c1-14-5-3-8-17(9-14)18(21)13-20(2)12-16-7-4-6-15(10-16)11-19/h3-10H,12-13H2,1-2H3. The predicted octanol–water partition coefficient (Wildman–Crippen LogP) is 3.18. The molecule has 0 aliphatic rings. The van der Waals surface area contributed by atoms with Gasteiger partial charge in [0.05, 0.1) is 18.2 Å². The largest absolute Gasteiger partial charge is 0.295 e. The minimum atomic E-state index is 0.109. The lowest BCUT2D eigenvalue weighted by Crippen LogP contribution is -2.25. The van der Waals surface area contributed by atoms with Crippen molar-refractivity contribution in [2.75, 3.05) is 13.6 Å². The number of benzene rings is 2. The van der Waals surface area contributed by atoms with Gasteiger partial charge in [-0.2, -0.15) is 5.26 Å². The third kappa shape index (κ3) is 4.27. The number of nitriles is 1. The number of carbonyl (C=O) groups excluding carboxylic acids is 1. The van der Waals surface area contributed by atoms with Crippen LogP contribution in [-0.4, -0.2) is 24.3 Å². The first kappa shape index (κ1) is 15.0. The second kappa shape index (κ2) is 6.83. The number of aryl methyl sites for hydroxylation is 1. The summed E-state index contributed by atoms with van der Waals surface area (Å²) < 4.78 is 0. The van der Waals surface area contributed by atoms with E-state index in [1.165, 1.54) is 0 Å². The molecule has 3 nitrogen and oxygen atoms in total. The summed E-state index contributed by atoms with van der Waals surface area (Å²) in [4.78, 5) is 14.2. The van der Waals surface area contributed by atoms with E-state index in [1.54, 1.807) is 6.07 Å². The van der Waals surface area contributed by atoms with Gasteiger partial charge in [-0.25, -0.2) is 0 Å². The molecule has 0 aromatic heterocycles. The number of hydrogen-bond donors (Lipinski definition) is 0. The van der Waals surface area contributed by atoms with Gasteiger partial charge in [-0.3, -0.25) is 9.69 Å². The highest BCUT2D eigenvalue weighted by atomic mass is 16.1. The second-order valence-electron chi connectivity index (χ2n) is 5.28. The minimum Gasteiger partial charge on any atom is -0.295 e. The number of rotatable bonds is 5. The van der Waals surface area contributed by atoms with Crippen LogP contribution in [0, 0.1) is 18.3 Å². The van der Waals surface area contributed by atoms with E-state index in [0.717, 1.165) is 16.7 Å². The van der Waals surface area contributed by atoms with Gasteiger partial charge in [0.25, 0.3) is 0 Å². The van der Waals surface area contributed by atoms with Crippen LogP contribution < -0.4 is 0 Å². The number of ketones is 1. The van der Waals surface area contributed by atoms with Crippen molar-refractivity contribution >= 4 is 5.78 Å². The topological polar surface area (TPSA) is 44.1 Å². The molecule has 2 aromatic rings. The Kier molecular flexibility index (Phi) is 4.86. The first-order valence-corrected chi connectivity index (χ1v) is 6.86. The molecule has 106 valence electrons. The summed E-state index contributed by atoms with van der Waals surface area (Å²) in [7, 11) is 1.91. The van der Waals surface area contributed by atoms with Gasteiger partial charge in [0.2, 0.25) is 0 Å². The molecule has 21 heavy (non-hydrogen) atoms. The van der Waals surface area contributed by atoms with Gasteiger partial charge in [0.1, 0.15) is 0 Å². The zero-order valence-electron chi connectivity index (χ0n) is 12.3. The van der Waals surface area contributed by atoms with Crippen LogP contribution in [0.25, 0.3) is 0 Å². The van der Waals surface area contributed by atoms with Gasteiger partial charge in [0, 0.05) is 12.1 Å². The Morgan fingerprint density at radius 2 is 1.95 bits per heavy atom. The first-order valence-electron chi connectivity index (χ1n) is 6.86. The molecule has 0 unspecified atom stereocenters. The lowest BCUT2D eigenvalue weighted by molar-refractivity contribution is 0.0943. The fraction of sp³-hybridized carbons (Fsp3) is 0.222. The van der Waals surface area contributed by atoms with Crippen LogP contribution in [0.5, 0.6) is 0 Å². The van der Waals surface area contributed by atoms with Gasteiger partial charge in [0.15, 0.2) is 5.78 Å². The lowest BCUT2D eigenvalue weighted by Gasteiger charge is -2.16. The summed E-state index contributed by atoms with van der Waals surface area (Å²) in [6, 6.07) is 17.2. The van der Waals surface area contributed by atoms with Gasteiger partial charge < -0.3 is 0 Å². The molecular weight excluding hydrogens is 260 g/mol. The third-order valence-corrected chi connectivity index (χ3v) is 3.26. The van der Waals surface area contributed by atoms with E-state index < -0.39 is 0 Å². The zero-order chi connectivity index (χ0) is 15.2. The van der Waals surface area contributed by atoms with Gasteiger partial charge in [-0.1, -0.05) is 35.9 Å². The van der Waals surface area contributed by atoms with E-state index >= 15 is 0 Å². The van der Waals surface area contributed by atoms with Crippen molar-refractivity contribution in [1.82, 2.24) is 4.90 Å². The third-order valence-electron chi connectivity index (χ3n) is 3.26. The van der Waals surface area contributed by atoms with Crippen LogP contribution in [0.15, 0.2) is 48.5 Å². The van der Waals surface area contributed by atoms with Crippen molar-refractivity contribution in [3.05, 3.63) is 70.8 Å². The smallest absolute Gasteiger partial charge is 0.176 e. The van der Waals surface area contributed by atoms with Gasteiger partial charge in [-0.15, -0.1) is 0 Å². The van der Waals surface area contributed by atoms with Crippen molar-refractivity contribution in [1.29, 1.82) is 5.26 Å². The molecule has 0 spiro atoms. The Hall–Kier alpha value is -2.44. The molecule has 0 N–H and O–H groups in total. The van der Waals surface area contributed by atoms with Crippen LogP contribution in [0.1, 0.15) is 27.0 Å². The molecule has 0 amide bonds. The molecule has 0 aliphatic heterocycles. The average molecular weight is 278 g/mol. The van der Waals surface area contributed by atoms with Crippen molar-refractivity contribution < 1.29 is 4.79 Å². The summed E-state index contributed by atoms with van der Waals surface area (Å²) in [5, 5.41) is 8.90. The van der Waals surface area contributed by atoms with Crippen LogP contribution in [0.4, 0.5) is 0 Å². The number of likely N-dealkylation sites (N-methyl/N-ethyl adjacent to an activating group) is 1. The summed E-state index contributed by atoms with van der Waals surface area (Å²) in [5.74, 6) is 0.109. The highest BCUT2D eigenvalue weighted by Crippen LogP contribution is 2.09. The SMILES string of the molecule is Cc1cccc(C(=O)CN(C)Cc2cccc(C#N)c2)c1. The molecule has 0 aliphatic carbocycles. The molecule has 0 saturated carbocycles. The molecule has 2 rings (SSSR count). The Bertz CT molecular complexity index is 686. The van der Waals surface area contributed by atoms with E-state index in [9.17, 15) is 4.79 Å². The van der Waals surface area contributed by atoms with Crippen LogP contribution >= 0.6 is 0 Å². The second-order valence-corrected chi connectivity index (χ2v) is 5.28. The maximum atomic E-state index is 12.2. The highest BCUT2D eigenvalue weighted by Gasteiger charge is 2.10. The molecular formula is C18H18N2O. The molecule has 0 radical (unpaired) electrons. The van der Waals surface area contributed by atoms with Crippen molar-refractivity contribution in [3.8, 4) is 6.07 Å². The summed E-state index contributed by atoms with van der Waals surface area (Å²) in [5.41, 5.74) is 3.51. The number of carbonyl (C=O) groups is 1. The fourth-order valence-electron chi connectivity index (χ4n) is 2.26. The summed E-state index contributed by atoms with van der Waals surface area (Å²) in [6.07, 6.45) is 0. The normalized spacial score (nSPS) is 10.4. The number of nitrogens with zero attached hydrogens (tertiary/aromatic N) is 2. The average Bonchev–Trinajstić information content (AvgIpc) is 2.47. The van der Waals surface area contributed by atoms with E-state index in [0.29, 0.717) is 18.7 Å². The monoisotopic (exact) mass is 278 g/mol. The van der Waals surface area contributed by atoms with Crippen LogP contribution in [-0.2, 0) is 6.54 Å². The zero-order valence-corrected chi connectivity index (χ0v) is 12.3. The molecule has 0 fully saturated rings. The number of hydrogen-bond acceptors (Lipinski definition) is 3. The maximum absolute atomic E-state index is 12.2. The van der Waals surface area contributed by atoms with Gasteiger partial charge >= 0.3 is 0 Å². The van der Waals surface area contributed by atoms with Crippen molar-refractivity contribution in [2.24, 2.45) is 0 Å². The van der Waals surface area contributed by atoms with Gasteiger partial charge in [-0.05, 0) is 37.7 Å². The first-order chi connectivity index (χ1) is 10.1. The molecule has 2 aromatic carbocycles. The summed E-state index contributed by atoms with van der Waals surface area (Å²) in [6.45, 7) is 2.99. The van der Waals surface area contributed by atoms with Crippen molar-refractivity contribution in [3.63, 3.8) is 0 Å². The Morgan fingerprint density at radius 3 is 2.67 bits per heavy atom. The fourth-order valence-corrected chi connectivity index (χ4v) is 2.26. The maximum Gasteiger partial charge on any atom is 0.176 e. The molecule has 0 heterocycles. The molecule has 0 atom stereocenters. The minimum absolute atomic E-state index is 0.109. The molecule has 3 heteroatoms. The highest BCUT2D eigenvalue weighted by molar-refractivity contribution is 5.97. The van der Waals surface area contributed by atoms with Crippen LogP contribution in [0.2, 0.25) is 0 Å². The Morgan fingerprint density at radius 1 is 1.19 bits per heavy atom. The van der Waals surface area contributed by atoms with Crippen LogP contribution in [0.3, 0.4) is 0 Å². The summed E-state index contributed by atoms with van der Waals surface area (Å²) >= 11 is 0. The van der Waals surface area contributed by atoms with E-state index in [1.807, 2.05) is 61.3 Å². The molecule has 0 saturated heterocycles. The quantitative estimate of drug-likeness (QED) is 0.789. The lowest BCUT2D eigenvalue weighted by atomic mass is 10.1. The Balaban J connectivity index is 1.99. The Labute approximate surface area is 125 Å². The van der Waals surface area contributed by atoms with Crippen molar-refractivity contribution in [2.45, 2.75) is 13.5 Å². The van der Waals surface area contributed by atoms with E-state index in [-0.39, 0.29) is 5.78 Å². The van der Waals surface area contributed by atoms with E-state index in [4.69, 9.17) is 5.26 Å². The predicted molar refractivity (Wildman–Crippen MR) is 83.0 cm³/mol. The molecule has 0 bridgehead atoms. The number of Topliss-reactive ketones (excluding diaryl/α,β-unsaturated/α-hetero) is 1. The van der Waals surface area contributed by atoms with E-state index in [2.05, 4.69) is 6.07 Å².